The maximum absolute atomic E-state index is 12.3. The van der Waals surface area contributed by atoms with Crippen molar-refractivity contribution in [2.75, 3.05) is 0 Å². The zero-order chi connectivity index (χ0) is 16.1. The SMILES string of the molecule is O=C1OC(=O)c2c(-c3ccc(O)c(O)c3)ccc3cccc1c23. The second-order valence-electron chi connectivity index (χ2n) is 5.27. The van der Waals surface area contributed by atoms with Crippen LogP contribution in [-0.4, -0.2) is 22.2 Å². The molecule has 0 spiro atoms. The van der Waals surface area contributed by atoms with E-state index in [4.69, 9.17) is 4.74 Å². The van der Waals surface area contributed by atoms with Gasteiger partial charge >= 0.3 is 11.9 Å². The lowest BCUT2D eigenvalue weighted by Crippen LogP contribution is -2.20. The van der Waals surface area contributed by atoms with Crippen molar-refractivity contribution in [3.63, 3.8) is 0 Å². The van der Waals surface area contributed by atoms with Gasteiger partial charge in [0.1, 0.15) is 0 Å². The van der Waals surface area contributed by atoms with Gasteiger partial charge in [-0.05, 0) is 34.7 Å². The maximum Gasteiger partial charge on any atom is 0.347 e. The topological polar surface area (TPSA) is 83.8 Å². The molecular formula is C18H10O5. The summed E-state index contributed by atoms with van der Waals surface area (Å²) in [6.07, 6.45) is 0. The molecule has 0 fully saturated rings. The van der Waals surface area contributed by atoms with Crippen molar-refractivity contribution in [2.24, 2.45) is 0 Å². The van der Waals surface area contributed by atoms with Crippen LogP contribution in [0.25, 0.3) is 21.9 Å². The van der Waals surface area contributed by atoms with E-state index in [0.29, 0.717) is 22.1 Å². The Bertz CT molecular complexity index is 1000. The molecule has 0 bridgehead atoms. The molecule has 5 nitrogen and oxygen atoms in total. The van der Waals surface area contributed by atoms with Crippen LogP contribution in [0.2, 0.25) is 0 Å². The summed E-state index contributed by atoms with van der Waals surface area (Å²) in [4.78, 5) is 24.2. The Morgan fingerprint density at radius 1 is 0.783 bits per heavy atom. The average molecular weight is 306 g/mol. The number of benzene rings is 3. The third-order valence-corrected chi connectivity index (χ3v) is 3.94. The van der Waals surface area contributed by atoms with Gasteiger partial charge in [-0.1, -0.05) is 30.3 Å². The Morgan fingerprint density at radius 2 is 1.61 bits per heavy atom. The van der Waals surface area contributed by atoms with Gasteiger partial charge in [0.15, 0.2) is 11.5 Å². The van der Waals surface area contributed by atoms with Gasteiger partial charge in [-0.25, -0.2) is 9.59 Å². The average Bonchev–Trinajstić information content (AvgIpc) is 2.54. The second kappa shape index (κ2) is 4.58. The Kier molecular flexibility index (Phi) is 2.65. The van der Waals surface area contributed by atoms with Gasteiger partial charge in [0.05, 0.1) is 11.1 Å². The van der Waals surface area contributed by atoms with Gasteiger partial charge in [0.25, 0.3) is 0 Å². The van der Waals surface area contributed by atoms with Crippen LogP contribution >= 0.6 is 0 Å². The summed E-state index contributed by atoms with van der Waals surface area (Å²) in [6.45, 7) is 0. The summed E-state index contributed by atoms with van der Waals surface area (Å²) in [6, 6.07) is 13.0. The quantitative estimate of drug-likeness (QED) is 0.409. The molecule has 0 aliphatic carbocycles. The first-order chi connectivity index (χ1) is 11.1. The molecule has 3 aromatic carbocycles. The van der Waals surface area contributed by atoms with E-state index in [1.807, 2.05) is 6.07 Å². The molecule has 0 unspecified atom stereocenters. The Hall–Kier alpha value is -3.34. The van der Waals surface area contributed by atoms with Gasteiger partial charge < -0.3 is 14.9 Å². The molecule has 0 radical (unpaired) electrons. The Morgan fingerprint density at radius 3 is 2.39 bits per heavy atom. The second-order valence-corrected chi connectivity index (χ2v) is 5.27. The van der Waals surface area contributed by atoms with Gasteiger partial charge in [-0.3, -0.25) is 0 Å². The number of cyclic esters (lactones) is 2. The molecule has 3 aromatic rings. The predicted octanol–water partition coefficient (Wildman–Crippen LogP) is 3.23. The van der Waals surface area contributed by atoms with E-state index in [1.165, 1.54) is 12.1 Å². The van der Waals surface area contributed by atoms with Crippen LogP contribution in [0.3, 0.4) is 0 Å². The van der Waals surface area contributed by atoms with Crippen LogP contribution in [0, 0.1) is 0 Å². The first-order valence-corrected chi connectivity index (χ1v) is 6.91. The molecule has 23 heavy (non-hydrogen) atoms. The number of rotatable bonds is 1. The molecule has 0 aromatic heterocycles. The summed E-state index contributed by atoms with van der Waals surface area (Å²) < 4.78 is 4.83. The fraction of sp³-hybridized carbons (Fsp3) is 0. The Balaban J connectivity index is 2.10. The van der Waals surface area contributed by atoms with Crippen LogP contribution in [-0.2, 0) is 4.74 Å². The molecule has 112 valence electrons. The monoisotopic (exact) mass is 306 g/mol. The molecule has 5 heteroatoms. The summed E-state index contributed by atoms with van der Waals surface area (Å²) in [5.74, 6) is -1.93. The predicted molar refractivity (Wildman–Crippen MR) is 82.5 cm³/mol. The van der Waals surface area contributed by atoms with E-state index < -0.39 is 11.9 Å². The van der Waals surface area contributed by atoms with Crippen molar-refractivity contribution in [1.82, 2.24) is 0 Å². The van der Waals surface area contributed by atoms with E-state index >= 15 is 0 Å². The number of hydrogen-bond acceptors (Lipinski definition) is 5. The van der Waals surface area contributed by atoms with Gasteiger partial charge in [0.2, 0.25) is 0 Å². The van der Waals surface area contributed by atoms with E-state index in [0.717, 1.165) is 5.39 Å². The van der Waals surface area contributed by atoms with Crippen molar-refractivity contribution < 1.29 is 24.5 Å². The number of phenolic OH excluding ortho intramolecular Hbond substituents is 2. The molecule has 0 saturated carbocycles. The number of esters is 2. The highest BCUT2D eigenvalue weighted by molar-refractivity contribution is 6.23. The molecule has 1 heterocycles. The van der Waals surface area contributed by atoms with Crippen LogP contribution in [0.15, 0.2) is 48.5 Å². The molecular weight excluding hydrogens is 296 g/mol. The van der Waals surface area contributed by atoms with Crippen LogP contribution in [0.1, 0.15) is 20.7 Å². The standard InChI is InChI=1S/C18H10O5/c19-13-7-5-10(8-14(13)20)11-6-4-9-2-1-3-12-15(9)16(11)18(22)23-17(12)21/h1-8,19-20H. The summed E-state index contributed by atoms with van der Waals surface area (Å²) in [5, 5.41) is 20.4. The van der Waals surface area contributed by atoms with Crippen molar-refractivity contribution in [3.8, 4) is 22.6 Å². The first-order valence-electron chi connectivity index (χ1n) is 6.91. The summed E-state index contributed by atoms with van der Waals surface area (Å²) in [5.41, 5.74) is 1.68. The highest BCUT2D eigenvalue weighted by Crippen LogP contribution is 2.38. The molecule has 1 aliphatic rings. The van der Waals surface area contributed by atoms with E-state index in [-0.39, 0.29) is 17.1 Å². The lowest BCUT2D eigenvalue weighted by atomic mass is 9.90. The molecule has 0 atom stereocenters. The van der Waals surface area contributed by atoms with E-state index in [1.54, 1.807) is 30.3 Å². The third kappa shape index (κ3) is 1.87. The Labute approximate surface area is 130 Å². The van der Waals surface area contributed by atoms with Crippen molar-refractivity contribution >= 4 is 22.7 Å². The minimum Gasteiger partial charge on any atom is -0.504 e. The third-order valence-electron chi connectivity index (χ3n) is 3.94. The normalized spacial score (nSPS) is 13.2. The highest BCUT2D eigenvalue weighted by Gasteiger charge is 2.29. The number of carbonyl (C=O) groups excluding carboxylic acids is 2. The minimum atomic E-state index is -0.720. The fourth-order valence-electron chi connectivity index (χ4n) is 2.88. The zero-order valence-corrected chi connectivity index (χ0v) is 11.7. The summed E-state index contributed by atoms with van der Waals surface area (Å²) in [7, 11) is 0. The maximum atomic E-state index is 12.3. The molecule has 1 aliphatic heterocycles. The van der Waals surface area contributed by atoms with Crippen molar-refractivity contribution in [3.05, 3.63) is 59.7 Å². The lowest BCUT2D eigenvalue weighted by Gasteiger charge is -2.18. The fourth-order valence-corrected chi connectivity index (χ4v) is 2.88. The highest BCUT2D eigenvalue weighted by atomic mass is 16.6. The van der Waals surface area contributed by atoms with Crippen LogP contribution in [0.5, 0.6) is 11.5 Å². The summed E-state index contributed by atoms with van der Waals surface area (Å²) >= 11 is 0. The minimum absolute atomic E-state index is 0.248. The number of carbonyl (C=O) groups is 2. The smallest absolute Gasteiger partial charge is 0.347 e. The van der Waals surface area contributed by atoms with E-state index in [9.17, 15) is 19.8 Å². The first kappa shape index (κ1) is 13.3. The van der Waals surface area contributed by atoms with Gasteiger partial charge in [0, 0.05) is 5.39 Å². The molecule has 4 rings (SSSR count). The lowest BCUT2D eigenvalue weighted by molar-refractivity contribution is 0.0392. The van der Waals surface area contributed by atoms with E-state index in [2.05, 4.69) is 0 Å². The molecule has 2 N–H and O–H groups in total. The van der Waals surface area contributed by atoms with Crippen molar-refractivity contribution in [1.29, 1.82) is 0 Å². The number of hydrogen-bond donors (Lipinski definition) is 2. The van der Waals surface area contributed by atoms with Gasteiger partial charge in [-0.15, -0.1) is 0 Å². The van der Waals surface area contributed by atoms with Crippen molar-refractivity contribution in [2.45, 2.75) is 0 Å². The van der Waals surface area contributed by atoms with Crippen LogP contribution in [0.4, 0.5) is 0 Å². The molecule has 0 saturated heterocycles. The molecule has 0 amide bonds. The van der Waals surface area contributed by atoms with Crippen LogP contribution < -0.4 is 0 Å². The number of ether oxygens (including phenoxy) is 1. The number of aromatic hydroxyl groups is 2. The largest absolute Gasteiger partial charge is 0.504 e. The number of phenols is 2. The zero-order valence-electron chi connectivity index (χ0n) is 11.7. The van der Waals surface area contributed by atoms with Gasteiger partial charge in [-0.2, -0.15) is 0 Å².